The molecule has 7 aromatic carbocycles. The maximum atomic E-state index is 13.1. The highest BCUT2D eigenvalue weighted by molar-refractivity contribution is 7.91. The lowest BCUT2D eigenvalue weighted by atomic mass is 10.1. The van der Waals surface area contributed by atoms with E-state index in [0.717, 1.165) is 54.6 Å². The first kappa shape index (κ1) is 61.7. The van der Waals surface area contributed by atoms with Crippen LogP contribution in [0.4, 0.5) is 69.3 Å². The summed E-state index contributed by atoms with van der Waals surface area (Å²) < 4.78 is 199. The lowest BCUT2D eigenvalue weighted by Crippen LogP contribution is -2.07. The topological polar surface area (TPSA) is 521 Å². The van der Waals surface area contributed by atoms with Gasteiger partial charge in [0.1, 0.15) is 37.4 Å². The number of hydrogen-bond donors (Lipinski definition) is 11. The van der Waals surface area contributed by atoms with E-state index in [9.17, 15) is 83.5 Å². The van der Waals surface area contributed by atoms with Crippen molar-refractivity contribution >= 4 is 174 Å². The van der Waals surface area contributed by atoms with Gasteiger partial charge in [0.2, 0.25) is 34.4 Å². The van der Waals surface area contributed by atoms with E-state index in [0.29, 0.717) is 12.3 Å². The van der Waals surface area contributed by atoms with Gasteiger partial charge in [-0.15, -0.1) is 20.5 Å². The van der Waals surface area contributed by atoms with Crippen molar-refractivity contribution in [2.24, 2.45) is 20.5 Å². The Morgan fingerprint density at radius 2 is 0.733 bits per heavy atom. The van der Waals surface area contributed by atoms with Gasteiger partial charge in [-0.3, -0.25) is 22.8 Å². The molecule has 0 fully saturated rings. The summed E-state index contributed by atoms with van der Waals surface area (Å²) in [5.41, 5.74) is -3.22. The fraction of sp³-hybridized carbons (Fsp3) is 0.0222. The van der Waals surface area contributed by atoms with E-state index >= 15 is 0 Å². The number of halogens is 2. The number of nitrogens with one attached hydrogen (secondary N) is 4. The minimum Gasteiger partial charge on any atom is -0.505 e. The molecule has 33 nitrogen and oxygen atoms in total. The van der Waals surface area contributed by atoms with Gasteiger partial charge >= 0.3 is 0 Å². The second-order valence-corrected chi connectivity index (χ2v) is 27.0. The third-order valence-corrected chi connectivity index (χ3v) is 17.2. The van der Waals surface area contributed by atoms with Crippen LogP contribution in [-0.2, 0) is 60.4 Å². The van der Waals surface area contributed by atoms with Crippen LogP contribution in [-0.4, -0.2) is 120 Å². The second kappa shape index (κ2) is 22.9. The first-order valence-corrected chi connectivity index (χ1v) is 32.6. The van der Waals surface area contributed by atoms with Crippen molar-refractivity contribution in [3.05, 3.63) is 120 Å². The number of fused-ring (bicyclic) bond motifs is 2. The fourth-order valence-corrected chi connectivity index (χ4v) is 12.0. The summed E-state index contributed by atoms with van der Waals surface area (Å²) in [7, 11) is -29.8. The van der Waals surface area contributed by atoms with E-state index in [1.165, 1.54) is 48.5 Å². The van der Waals surface area contributed by atoms with E-state index in [-0.39, 0.29) is 34.0 Å². The lowest BCUT2D eigenvalue weighted by molar-refractivity contribution is 0.472. The number of benzene rings is 7. The molecule has 0 aliphatic heterocycles. The van der Waals surface area contributed by atoms with E-state index in [1.807, 2.05) is 0 Å². The van der Waals surface area contributed by atoms with Gasteiger partial charge in [-0.2, -0.15) is 72.0 Å². The molecule has 0 saturated carbocycles. The summed E-state index contributed by atoms with van der Waals surface area (Å²) in [6, 6.07) is 19.6. The highest BCUT2D eigenvalue weighted by Crippen LogP contribution is 2.48. The van der Waals surface area contributed by atoms with E-state index in [4.69, 9.17) is 23.2 Å². The van der Waals surface area contributed by atoms with Gasteiger partial charge < -0.3 is 31.5 Å². The molecule has 41 heteroatoms. The zero-order valence-corrected chi connectivity index (χ0v) is 48.5. The summed E-state index contributed by atoms with van der Waals surface area (Å²) >= 11 is 12.5. The average molecular weight is 1340 g/mol. The van der Waals surface area contributed by atoms with Crippen molar-refractivity contribution in [2.75, 3.05) is 27.5 Å². The van der Waals surface area contributed by atoms with Crippen molar-refractivity contribution in [2.45, 2.75) is 29.4 Å². The van der Waals surface area contributed by atoms with Crippen LogP contribution in [0.5, 0.6) is 11.5 Å². The van der Waals surface area contributed by atoms with Gasteiger partial charge in [-0.05, 0) is 119 Å². The first-order valence-electron chi connectivity index (χ1n) is 22.8. The highest BCUT2D eigenvalue weighted by atomic mass is 35.5. The molecule has 0 radical (unpaired) electrons. The summed E-state index contributed by atoms with van der Waals surface area (Å²) in [6.07, 6.45) is 0.712. The van der Waals surface area contributed by atoms with Crippen LogP contribution in [0.25, 0.3) is 21.5 Å². The molecule has 11 N–H and O–H groups in total. The number of hydrogen-bond acceptors (Lipinski definition) is 28. The third-order valence-electron chi connectivity index (χ3n) is 11.4. The van der Waals surface area contributed by atoms with Crippen molar-refractivity contribution in [3.63, 3.8) is 0 Å². The van der Waals surface area contributed by atoms with E-state index < -0.39 is 169 Å². The van der Waals surface area contributed by atoms with Crippen LogP contribution < -0.4 is 21.3 Å². The fourth-order valence-electron chi connectivity index (χ4n) is 7.87. The van der Waals surface area contributed by atoms with Crippen LogP contribution in [0.1, 0.15) is 0 Å². The minimum atomic E-state index is -5.37. The molecule has 0 aliphatic carbocycles. The number of rotatable bonds is 18. The second-order valence-electron chi connectivity index (χ2n) is 17.3. The Morgan fingerprint density at radius 1 is 0.395 bits per heavy atom. The summed E-state index contributed by atoms with van der Waals surface area (Å²) in [5, 5.41) is 46.5. The molecule has 0 atom stereocenters. The van der Waals surface area contributed by atoms with Crippen LogP contribution in [0.15, 0.2) is 159 Å². The van der Waals surface area contributed by atoms with Gasteiger partial charge in [-0.25, -0.2) is 8.42 Å². The maximum absolute atomic E-state index is 13.1. The molecule has 0 aliphatic rings. The largest absolute Gasteiger partial charge is 0.505 e. The summed E-state index contributed by atoms with van der Waals surface area (Å²) in [4.78, 5) is 19.3. The normalized spacial score (nSPS) is 12.7. The molecule has 0 bridgehead atoms. The van der Waals surface area contributed by atoms with Gasteiger partial charge in [0.05, 0.1) is 26.1 Å². The molecular weight excluding hydrogens is 1300 g/mol. The van der Waals surface area contributed by atoms with Gasteiger partial charge in [0.15, 0.2) is 21.3 Å². The van der Waals surface area contributed by atoms with Crippen LogP contribution >= 0.6 is 23.2 Å². The van der Waals surface area contributed by atoms with Crippen molar-refractivity contribution < 1.29 is 83.5 Å². The number of azo groups is 2. The first-order chi connectivity index (χ1) is 40.0. The standard InChI is InChI=1S/C45H32Cl2N14O19S6/c1-81(64,65)32-16-20-14-24(82(66,67)68)18-28(34(20)38(62)36(32)60-58-26-6-2-4-8-30(26)84(72,73)74)50-44-54-40(46)52-42(56-44)48-22-10-12-23(13-11-22)49-43-53-41(47)55-45(57-43)51-29-19-25(83(69,70)71)15-21-17-33(86(78,79)80)37(39(63)35(21)29)61-59-27-7-3-5-9-31(27)85(75,76)77/h2-19,62-63H,1H3,(H,66,67,68)(H,69,70,71)(H,72,73,74)(H,75,76,77)(H,78,79,80)(H2,48,50,52,54,56)(H2,49,51,53,55,57). The van der Waals surface area contributed by atoms with Crippen LogP contribution in [0.2, 0.25) is 10.6 Å². The maximum Gasteiger partial charge on any atom is 0.296 e. The van der Waals surface area contributed by atoms with Gasteiger partial charge in [0.25, 0.3) is 50.6 Å². The van der Waals surface area contributed by atoms with Crippen LogP contribution in [0, 0.1) is 0 Å². The van der Waals surface area contributed by atoms with Crippen molar-refractivity contribution in [1.82, 2.24) is 29.9 Å². The van der Waals surface area contributed by atoms with Gasteiger partial charge in [-0.1, -0.05) is 24.3 Å². The Morgan fingerprint density at radius 3 is 1.08 bits per heavy atom. The third kappa shape index (κ3) is 13.8. The molecule has 0 amide bonds. The number of sulfone groups is 1. The zero-order chi connectivity index (χ0) is 62.6. The SMILES string of the molecule is CS(=O)(=O)c1cc2cc(S(=O)(=O)O)cc(Nc3nc(Cl)nc(Nc4ccc(Nc5nc(Cl)nc(Nc6cc(S(=O)(=O)O)cc7cc(S(=O)(=O)O)c(N=Nc8ccccc8S(=O)(=O)O)c(O)c67)n5)cc4)n3)c2c(O)c1N=Nc1ccccc1S(=O)(=O)O. The molecule has 9 rings (SSSR count). The lowest BCUT2D eigenvalue weighted by Gasteiger charge is -2.16. The molecular formula is C45H32Cl2N14O19S6. The van der Waals surface area contributed by atoms with Crippen LogP contribution in [0.3, 0.4) is 0 Å². The summed E-state index contributed by atoms with van der Waals surface area (Å²) in [6.45, 7) is 0. The van der Waals surface area contributed by atoms with Gasteiger partial charge in [0, 0.05) is 28.4 Å². The Hall–Kier alpha value is -8.84. The number of aromatic nitrogens is 6. The van der Waals surface area contributed by atoms with Crippen molar-refractivity contribution in [1.29, 1.82) is 0 Å². The van der Waals surface area contributed by atoms with E-state index in [2.05, 4.69) is 71.6 Å². The molecule has 446 valence electrons. The van der Waals surface area contributed by atoms with Crippen molar-refractivity contribution in [3.8, 4) is 11.5 Å². The number of phenolic OH excluding ortho intramolecular Hbond substituents is 2. The number of aromatic hydroxyl groups is 2. The minimum absolute atomic E-state index is 0.241. The summed E-state index contributed by atoms with van der Waals surface area (Å²) in [5.74, 6) is -3.61. The Labute approximate surface area is 493 Å². The Kier molecular flexibility index (Phi) is 16.4. The Balaban J connectivity index is 1.01. The molecule has 86 heavy (non-hydrogen) atoms. The molecule has 9 aromatic rings. The monoisotopic (exact) mass is 1330 g/mol. The zero-order valence-electron chi connectivity index (χ0n) is 42.1. The number of anilines is 8. The predicted molar refractivity (Wildman–Crippen MR) is 304 cm³/mol. The molecule has 2 heterocycles. The molecule has 0 saturated heterocycles. The van der Waals surface area contributed by atoms with E-state index in [1.54, 1.807) is 0 Å². The predicted octanol–water partition coefficient (Wildman–Crippen LogP) is 8.52. The molecule has 0 spiro atoms. The average Bonchev–Trinajstić information content (AvgIpc) is 0.783. The quantitative estimate of drug-likeness (QED) is 0.0283. The number of nitrogens with zero attached hydrogens (tertiary/aromatic N) is 10. The molecule has 0 unspecified atom stereocenters. The molecule has 2 aromatic heterocycles. The smallest absolute Gasteiger partial charge is 0.296 e. The number of phenols is 2. The highest BCUT2D eigenvalue weighted by Gasteiger charge is 2.29. The Bertz CT molecular complexity index is 4820.